The topological polar surface area (TPSA) is 113 Å². The van der Waals surface area contributed by atoms with E-state index in [4.69, 9.17) is 16.7 Å². The Morgan fingerprint density at radius 2 is 1.77 bits per heavy atom. The molecule has 3 N–H and O–H groups in total. The van der Waals surface area contributed by atoms with Crippen LogP contribution in [0.5, 0.6) is 0 Å². The van der Waals surface area contributed by atoms with Gasteiger partial charge in [-0.2, -0.15) is 0 Å². The number of carbonyl (C=O) groups excluding carboxylic acids is 1. The van der Waals surface area contributed by atoms with Crippen molar-refractivity contribution in [2.75, 3.05) is 11.3 Å². The van der Waals surface area contributed by atoms with E-state index in [1.165, 1.54) is 30.3 Å². The van der Waals surface area contributed by atoms with Crippen molar-refractivity contribution >= 4 is 39.2 Å². The van der Waals surface area contributed by atoms with Crippen molar-refractivity contribution in [3.8, 4) is 0 Å². The van der Waals surface area contributed by atoms with Crippen molar-refractivity contribution in [2.45, 2.75) is 18.2 Å². The molecule has 0 heterocycles. The molecule has 2 aromatic carbocycles. The molecule has 2 rings (SSSR count). The smallest absolute Gasteiger partial charge is 0.305 e. The second-order valence-electron chi connectivity index (χ2n) is 5.52. The lowest BCUT2D eigenvalue weighted by molar-refractivity contribution is -0.136. The molecule has 0 atom stereocenters. The van der Waals surface area contributed by atoms with E-state index in [1.54, 1.807) is 19.1 Å². The number of benzene rings is 2. The van der Waals surface area contributed by atoms with Gasteiger partial charge in [0, 0.05) is 17.8 Å². The lowest BCUT2D eigenvalue weighted by Gasteiger charge is -2.10. The number of rotatable bonds is 7. The zero-order chi connectivity index (χ0) is 19.3. The van der Waals surface area contributed by atoms with E-state index in [2.05, 4.69) is 10.0 Å². The van der Waals surface area contributed by atoms with Crippen LogP contribution in [0.4, 0.5) is 5.69 Å². The Balaban J connectivity index is 2.08. The summed E-state index contributed by atoms with van der Waals surface area (Å²) in [7, 11) is -3.87. The minimum Gasteiger partial charge on any atom is -0.481 e. The molecule has 0 radical (unpaired) electrons. The molecule has 0 saturated carbocycles. The molecule has 0 aliphatic carbocycles. The lowest BCUT2D eigenvalue weighted by Crippen LogP contribution is -2.25. The molecule has 7 nitrogen and oxygen atoms in total. The predicted molar refractivity (Wildman–Crippen MR) is 98.0 cm³/mol. The van der Waals surface area contributed by atoms with Crippen molar-refractivity contribution in [3.05, 3.63) is 58.6 Å². The molecule has 0 aromatic heterocycles. The minimum atomic E-state index is -3.87. The largest absolute Gasteiger partial charge is 0.481 e. The second kappa shape index (κ2) is 8.20. The van der Waals surface area contributed by atoms with Gasteiger partial charge in [-0.1, -0.05) is 17.7 Å². The van der Waals surface area contributed by atoms with Crippen molar-refractivity contribution in [3.63, 3.8) is 0 Å². The van der Waals surface area contributed by atoms with Gasteiger partial charge in [0.25, 0.3) is 15.9 Å². The van der Waals surface area contributed by atoms with Crippen LogP contribution in [0.15, 0.2) is 47.4 Å². The Hall–Kier alpha value is -2.58. The Labute approximate surface area is 156 Å². The number of anilines is 1. The average molecular weight is 397 g/mol. The van der Waals surface area contributed by atoms with Gasteiger partial charge < -0.3 is 10.4 Å². The zero-order valence-electron chi connectivity index (χ0n) is 13.8. The van der Waals surface area contributed by atoms with E-state index in [-0.39, 0.29) is 34.1 Å². The third kappa shape index (κ3) is 5.21. The first-order valence-electron chi connectivity index (χ1n) is 7.58. The van der Waals surface area contributed by atoms with Crippen LogP contribution in [-0.4, -0.2) is 31.9 Å². The molecule has 138 valence electrons. The summed E-state index contributed by atoms with van der Waals surface area (Å²) >= 11 is 6.00. The summed E-state index contributed by atoms with van der Waals surface area (Å²) in [6.07, 6.45) is -0.180. The summed E-state index contributed by atoms with van der Waals surface area (Å²) < 4.78 is 27.3. The van der Waals surface area contributed by atoms with Gasteiger partial charge in [-0.3, -0.25) is 14.3 Å². The van der Waals surface area contributed by atoms with Crippen molar-refractivity contribution in [2.24, 2.45) is 0 Å². The minimum absolute atomic E-state index is 0.00840. The molecule has 0 unspecified atom stereocenters. The number of aliphatic carboxylic acids is 1. The lowest BCUT2D eigenvalue weighted by atomic mass is 10.2. The van der Waals surface area contributed by atoms with Crippen LogP contribution < -0.4 is 10.0 Å². The third-order valence-corrected chi connectivity index (χ3v) is 5.26. The number of nitrogens with one attached hydrogen (secondary N) is 2. The fraction of sp³-hybridized carbons (Fsp3) is 0.176. The van der Waals surface area contributed by atoms with E-state index in [0.717, 1.165) is 5.56 Å². The Kier molecular flexibility index (Phi) is 6.23. The molecule has 0 spiro atoms. The van der Waals surface area contributed by atoms with Gasteiger partial charge in [-0.15, -0.1) is 0 Å². The monoisotopic (exact) mass is 396 g/mol. The standard InChI is InChI=1S/C17H17ClN2O5S/c1-11-2-7-15(14(18)10-11)26(24,25)20-13-5-3-12(4-6-13)17(23)19-9-8-16(21)22/h2-7,10,20H,8-9H2,1H3,(H,19,23)(H,21,22). The van der Waals surface area contributed by atoms with Gasteiger partial charge in [-0.25, -0.2) is 8.42 Å². The summed E-state index contributed by atoms with van der Waals surface area (Å²) in [6, 6.07) is 10.4. The number of halogens is 1. The summed E-state index contributed by atoms with van der Waals surface area (Å²) in [6.45, 7) is 1.81. The molecule has 2 aromatic rings. The van der Waals surface area contributed by atoms with Gasteiger partial charge in [-0.05, 0) is 48.9 Å². The van der Waals surface area contributed by atoms with Crippen LogP contribution in [0.2, 0.25) is 5.02 Å². The number of amides is 1. The molecule has 9 heteroatoms. The van der Waals surface area contributed by atoms with Gasteiger partial charge in [0.15, 0.2) is 0 Å². The van der Waals surface area contributed by atoms with Crippen LogP contribution >= 0.6 is 11.6 Å². The Morgan fingerprint density at radius 1 is 1.12 bits per heavy atom. The highest BCUT2D eigenvalue weighted by Crippen LogP contribution is 2.24. The maximum Gasteiger partial charge on any atom is 0.305 e. The molecule has 0 aliphatic heterocycles. The number of sulfonamides is 1. The molecule has 1 amide bonds. The van der Waals surface area contributed by atoms with Crippen molar-refractivity contribution in [1.82, 2.24) is 5.32 Å². The quantitative estimate of drug-likeness (QED) is 0.666. The number of hydrogen-bond donors (Lipinski definition) is 3. The normalized spacial score (nSPS) is 11.0. The Bertz CT molecular complexity index is 927. The summed E-state index contributed by atoms with van der Waals surface area (Å²) in [5, 5.41) is 11.1. The molecule has 0 aliphatic rings. The van der Waals surface area contributed by atoms with Crippen molar-refractivity contribution < 1.29 is 23.1 Å². The van der Waals surface area contributed by atoms with Crippen LogP contribution in [0.3, 0.4) is 0 Å². The number of carboxylic acid groups (broad SMARTS) is 1. The van der Waals surface area contributed by atoms with Crippen LogP contribution in [0, 0.1) is 6.92 Å². The average Bonchev–Trinajstić information content (AvgIpc) is 2.54. The fourth-order valence-corrected chi connectivity index (χ4v) is 3.77. The van der Waals surface area contributed by atoms with E-state index in [1.807, 2.05) is 0 Å². The van der Waals surface area contributed by atoms with E-state index in [0.29, 0.717) is 0 Å². The second-order valence-corrected chi connectivity index (χ2v) is 7.57. The first-order chi connectivity index (χ1) is 12.2. The maximum absolute atomic E-state index is 12.4. The number of aryl methyl sites for hydroxylation is 1. The van der Waals surface area contributed by atoms with E-state index < -0.39 is 21.9 Å². The zero-order valence-corrected chi connectivity index (χ0v) is 15.4. The number of carbonyl (C=O) groups is 2. The molecule has 0 saturated heterocycles. The SMILES string of the molecule is Cc1ccc(S(=O)(=O)Nc2ccc(C(=O)NCCC(=O)O)cc2)c(Cl)c1. The highest BCUT2D eigenvalue weighted by atomic mass is 35.5. The highest BCUT2D eigenvalue weighted by molar-refractivity contribution is 7.92. The number of carboxylic acids is 1. The van der Waals surface area contributed by atoms with Gasteiger partial charge in [0.05, 0.1) is 11.4 Å². The van der Waals surface area contributed by atoms with Crippen LogP contribution in [0.25, 0.3) is 0 Å². The van der Waals surface area contributed by atoms with Gasteiger partial charge >= 0.3 is 5.97 Å². The molecule has 0 bridgehead atoms. The first-order valence-corrected chi connectivity index (χ1v) is 9.44. The molecule has 26 heavy (non-hydrogen) atoms. The van der Waals surface area contributed by atoms with Crippen molar-refractivity contribution in [1.29, 1.82) is 0 Å². The maximum atomic E-state index is 12.4. The summed E-state index contributed by atoms with van der Waals surface area (Å²) in [4.78, 5) is 22.2. The van der Waals surface area contributed by atoms with E-state index in [9.17, 15) is 18.0 Å². The number of hydrogen-bond acceptors (Lipinski definition) is 4. The molecular formula is C17H17ClN2O5S. The highest BCUT2D eigenvalue weighted by Gasteiger charge is 2.18. The molecular weight excluding hydrogens is 380 g/mol. The fourth-order valence-electron chi connectivity index (χ4n) is 2.11. The predicted octanol–water partition coefficient (Wildman–Crippen LogP) is 2.65. The van der Waals surface area contributed by atoms with E-state index >= 15 is 0 Å². The van der Waals surface area contributed by atoms with Gasteiger partial charge in [0.1, 0.15) is 4.90 Å². The Morgan fingerprint density at radius 3 is 2.35 bits per heavy atom. The first kappa shape index (κ1) is 19.7. The summed E-state index contributed by atoms with van der Waals surface area (Å²) in [5.74, 6) is -1.45. The summed E-state index contributed by atoms with van der Waals surface area (Å²) in [5.41, 5.74) is 1.39. The molecule has 0 fully saturated rings. The third-order valence-electron chi connectivity index (χ3n) is 3.40. The van der Waals surface area contributed by atoms with Crippen LogP contribution in [-0.2, 0) is 14.8 Å². The van der Waals surface area contributed by atoms with Gasteiger partial charge in [0.2, 0.25) is 0 Å². The van der Waals surface area contributed by atoms with Crippen LogP contribution in [0.1, 0.15) is 22.3 Å².